The molecule has 31 heavy (non-hydrogen) atoms. The van der Waals surface area contributed by atoms with Gasteiger partial charge in [-0.25, -0.2) is 0 Å². The molecule has 0 atom stereocenters. The fraction of sp³-hybridized carbons (Fsp3) is 0.227. The first-order chi connectivity index (χ1) is 14.9. The zero-order valence-electron chi connectivity index (χ0n) is 17.0. The molecule has 162 valence electrons. The molecule has 1 aliphatic heterocycles. The van der Waals surface area contributed by atoms with E-state index < -0.39 is 0 Å². The maximum Gasteiger partial charge on any atom is 0.293 e. The summed E-state index contributed by atoms with van der Waals surface area (Å²) in [6.07, 6.45) is 1.66. The summed E-state index contributed by atoms with van der Waals surface area (Å²) in [7, 11) is 1.57. The molecule has 0 spiro atoms. The summed E-state index contributed by atoms with van der Waals surface area (Å²) < 4.78 is 10.6. The number of nitrogens with zero attached hydrogens (tertiary/aromatic N) is 1. The fourth-order valence-corrected chi connectivity index (χ4v) is 3.91. The van der Waals surface area contributed by atoms with E-state index in [1.807, 2.05) is 6.92 Å². The average molecular weight is 461 g/mol. The lowest BCUT2D eigenvalue weighted by molar-refractivity contribution is -0.125. The number of ether oxygens (including phenoxy) is 2. The van der Waals surface area contributed by atoms with Gasteiger partial charge in [0.1, 0.15) is 11.5 Å². The molecule has 0 aromatic heterocycles. The third-order valence-electron chi connectivity index (χ3n) is 4.44. The van der Waals surface area contributed by atoms with Gasteiger partial charge in [0.15, 0.2) is 6.61 Å². The molecule has 7 nitrogen and oxygen atoms in total. The number of nitrogens with one attached hydrogen (secondary N) is 1. The minimum Gasteiger partial charge on any atom is -0.497 e. The molecule has 9 heteroatoms. The largest absolute Gasteiger partial charge is 0.497 e. The van der Waals surface area contributed by atoms with Crippen molar-refractivity contribution in [1.29, 1.82) is 0 Å². The van der Waals surface area contributed by atoms with Gasteiger partial charge in [0.2, 0.25) is 0 Å². The van der Waals surface area contributed by atoms with Gasteiger partial charge in [0, 0.05) is 18.1 Å². The van der Waals surface area contributed by atoms with Crippen LogP contribution in [0, 0.1) is 6.92 Å². The van der Waals surface area contributed by atoms with Crippen LogP contribution in [0.4, 0.5) is 4.79 Å². The first kappa shape index (κ1) is 22.7. The molecule has 0 bridgehead atoms. The number of methoxy groups -OCH3 is 1. The number of halogens is 1. The van der Waals surface area contributed by atoms with Crippen LogP contribution in [0.3, 0.4) is 0 Å². The van der Waals surface area contributed by atoms with Gasteiger partial charge in [-0.2, -0.15) is 0 Å². The number of thioether (sulfide) groups is 1. The molecule has 1 saturated heterocycles. The second kappa shape index (κ2) is 10.4. The third-order valence-corrected chi connectivity index (χ3v) is 5.58. The molecule has 1 N–H and O–H groups in total. The summed E-state index contributed by atoms with van der Waals surface area (Å²) in [5.74, 6) is 0.536. The maximum absolute atomic E-state index is 12.5. The highest BCUT2D eigenvalue weighted by atomic mass is 35.5. The normalized spacial score (nSPS) is 14.8. The Morgan fingerprint density at radius 2 is 1.94 bits per heavy atom. The molecule has 0 saturated carbocycles. The van der Waals surface area contributed by atoms with Gasteiger partial charge in [-0.3, -0.25) is 19.3 Å². The average Bonchev–Trinajstić information content (AvgIpc) is 3.01. The lowest BCUT2D eigenvalue weighted by Gasteiger charge is -2.13. The van der Waals surface area contributed by atoms with Crippen molar-refractivity contribution in [1.82, 2.24) is 10.2 Å². The monoisotopic (exact) mass is 460 g/mol. The van der Waals surface area contributed by atoms with Crippen LogP contribution in [0.25, 0.3) is 6.08 Å². The molecule has 3 amide bonds. The zero-order chi connectivity index (χ0) is 22.4. The van der Waals surface area contributed by atoms with Crippen LogP contribution < -0.4 is 14.8 Å². The molecule has 1 heterocycles. The highest BCUT2D eigenvalue weighted by Crippen LogP contribution is 2.32. The van der Waals surface area contributed by atoms with E-state index in [1.165, 1.54) is 0 Å². The molecule has 2 aromatic rings. The Morgan fingerprint density at radius 3 is 2.61 bits per heavy atom. The summed E-state index contributed by atoms with van der Waals surface area (Å²) in [6, 6.07) is 12.3. The van der Waals surface area contributed by atoms with Crippen LogP contribution in [0.2, 0.25) is 5.02 Å². The van der Waals surface area contributed by atoms with Gasteiger partial charge in [0.25, 0.3) is 17.1 Å². The number of benzene rings is 2. The second-order valence-corrected chi connectivity index (χ2v) is 8.08. The molecule has 0 radical (unpaired) electrons. The van der Waals surface area contributed by atoms with E-state index in [9.17, 15) is 14.4 Å². The first-order valence-corrected chi connectivity index (χ1v) is 10.6. The van der Waals surface area contributed by atoms with Gasteiger partial charge in [0.05, 0.1) is 12.0 Å². The van der Waals surface area contributed by atoms with Crippen LogP contribution in [-0.4, -0.2) is 48.8 Å². The maximum atomic E-state index is 12.5. The first-order valence-electron chi connectivity index (χ1n) is 9.42. The van der Waals surface area contributed by atoms with E-state index in [-0.39, 0.29) is 36.7 Å². The zero-order valence-corrected chi connectivity index (χ0v) is 18.6. The number of carbonyl (C=O) groups excluding carboxylic acids is 3. The van der Waals surface area contributed by atoms with Crippen molar-refractivity contribution in [2.45, 2.75) is 6.92 Å². The van der Waals surface area contributed by atoms with Crippen molar-refractivity contribution in [3.05, 3.63) is 63.5 Å². The Balaban J connectivity index is 1.48. The van der Waals surface area contributed by atoms with E-state index in [2.05, 4.69) is 5.32 Å². The lowest BCUT2D eigenvalue weighted by Crippen LogP contribution is -2.38. The standard InChI is InChI=1S/C22H21ClN2O5S/c1-14-11-16(23)5-8-18(14)30-13-20(26)24-9-10-25-21(27)19(31-22(25)28)12-15-3-6-17(29-2)7-4-15/h3-8,11-12H,9-10,13H2,1-2H3,(H,24,26)/b19-12+. The molecular weight excluding hydrogens is 440 g/mol. The van der Waals surface area contributed by atoms with Crippen LogP contribution in [0.1, 0.15) is 11.1 Å². The van der Waals surface area contributed by atoms with Gasteiger partial charge >= 0.3 is 0 Å². The summed E-state index contributed by atoms with van der Waals surface area (Å²) in [4.78, 5) is 38.2. The van der Waals surface area contributed by atoms with E-state index >= 15 is 0 Å². The van der Waals surface area contributed by atoms with Crippen molar-refractivity contribution in [3.8, 4) is 11.5 Å². The van der Waals surface area contributed by atoms with Gasteiger partial charge in [-0.15, -0.1) is 0 Å². The highest BCUT2D eigenvalue weighted by Gasteiger charge is 2.34. The Labute approximate surface area is 189 Å². The Hall–Kier alpha value is -2.97. The smallest absolute Gasteiger partial charge is 0.293 e. The Bertz CT molecular complexity index is 1020. The number of aryl methyl sites for hydroxylation is 1. The van der Waals surface area contributed by atoms with E-state index in [1.54, 1.807) is 55.7 Å². The van der Waals surface area contributed by atoms with E-state index in [0.29, 0.717) is 21.4 Å². The minimum absolute atomic E-state index is 0.0797. The summed E-state index contributed by atoms with van der Waals surface area (Å²) in [6.45, 7) is 1.87. The summed E-state index contributed by atoms with van der Waals surface area (Å²) in [5, 5.41) is 2.87. The van der Waals surface area contributed by atoms with E-state index in [0.717, 1.165) is 27.8 Å². The SMILES string of the molecule is COc1ccc(/C=C2/SC(=O)N(CCNC(=O)COc3ccc(Cl)cc3C)C2=O)cc1. The van der Waals surface area contributed by atoms with Gasteiger partial charge < -0.3 is 14.8 Å². The lowest BCUT2D eigenvalue weighted by atomic mass is 10.2. The number of amides is 3. The number of imide groups is 1. The minimum atomic E-state index is -0.381. The fourth-order valence-electron chi connectivity index (χ4n) is 2.82. The highest BCUT2D eigenvalue weighted by molar-refractivity contribution is 8.18. The molecular formula is C22H21ClN2O5S. The van der Waals surface area contributed by atoms with Gasteiger partial charge in [-0.1, -0.05) is 23.7 Å². The topological polar surface area (TPSA) is 84.9 Å². The molecule has 0 aliphatic carbocycles. The Kier molecular flexibility index (Phi) is 7.59. The summed E-state index contributed by atoms with van der Waals surface area (Å²) in [5.41, 5.74) is 1.61. The number of rotatable bonds is 8. The molecule has 1 fully saturated rings. The van der Waals surface area contributed by atoms with Crippen molar-refractivity contribution in [2.75, 3.05) is 26.8 Å². The van der Waals surface area contributed by atoms with Crippen molar-refractivity contribution in [2.24, 2.45) is 0 Å². The number of carbonyl (C=O) groups is 3. The van der Waals surface area contributed by atoms with Crippen molar-refractivity contribution >= 4 is 46.5 Å². The molecule has 1 aliphatic rings. The predicted molar refractivity (Wildman–Crippen MR) is 120 cm³/mol. The van der Waals surface area contributed by atoms with Crippen molar-refractivity contribution < 1.29 is 23.9 Å². The second-order valence-electron chi connectivity index (χ2n) is 6.65. The number of hydrogen-bond acceptors (Lipinski definition) is 6. The van der Waals surface area contributed by atoms with Crippen molar-refractivity contribution in [3.63, 3.8) is 0 Å². The quantitative estimate of drug-likeness (QED) is 0.601. The number of hydrogen-bond donors (Lipinski definition) is 1. The molecule has 2 aromatic carbocycles. The molecule has 0 unspecified atom stereocenters. The van der Waals surface area contributed by atoms with Crippen LogP contribution >= 0.6 is 23.4 Å². The third kappa shape index (κ3) is 6.02. The van der Waals surface area contributed by atoms with Gasteiger partial charge in [-0.05, 0) is 66.2 Å². The molecule has 3 rings (SSSR count). The van der Waals surface area contributed by atoms with Crippen LogP contribution in [0.15, 0.2) is 47.4 Å². The van der Waals surface area contributed by atoms with Crippen LogP contribution in [0.5, 0.6) is 11.5 Å². The summed E-state index contributed by atoms with van der Waals surface area (Å²) >= 11 is 6.77. The predicted octanol–water partition coefficient (Wildman–Crippen LogP) is 3.89. The van der Waals surface area contributed by atoms with E-state index in [4.69, 9.17) is 21.1 Å². The van der Waals surface area contributed by atoms with Crippen LogP contribution in [-0.2, 0) is 9.59 Å². The Morgan fingerprint density at radius 1 is 1.19 bits per heavy atom.